The molecule has 3 aliphatic heterocycles. The summed E-state index contributed by atoms with van der Waals surface area (Å²) in [6.45, 7) is 15.2. The number of carbonyl (C=O) groups excluding carboxylic acids is 6. The summed E-state index contributed by atoms with van der Waals surface area (Å²) in [6.07, 6.45) is 0. The Morgan fingerprint density at radius 3 is 1.23 bits per heavy atom. The first-order chi connectivity index (χ1) is 51.1. The number of ether oxygens (including phenoxy) is 5. The number of benzene rings is 6. The third kappa shape index (κ3) is 16.1. The van der Waals surface area contributed by atoms with Crippen LogP contribution >= 0.6 is 22.9 Å². The number of hydrogen-bond donors (Lipinski definition) is 0. The second-order valence-electron chi connectivity index (χ2n) is 25.6. The van der Waals surface area contributed by atoms with Crippen LogP contribution in [0.5, 0.6) is 11.5 Å². The van der Waals surface area contributed by atoms with Crippen LogP contribution in [0.25, 0.3) is 32.7 Å². The predicted octanol–water partition coefficient (Wildman–Crippen LogP) is 11.0. The molecular weight excluding hydrogens is 1400 g/mol. The fourth-order valence-electron chi connectivity index (χ4n) is 13.6. The number of rotatable bonds is 16. The SMILES string of the molecule is CCOC(=O)c1c(N2CCN(C(=O)c3ccc(OC)cc3)CC2)c2cc(C)ccc2n(C)c1=O.CCOC(=O)c1c(N2CCN(C(=O)c3ccc(OC)cc3)CC2)c2cc(C)ccc2n(Cc2ccc(F)cc2)c1=O.CCOC(=O)c1c(N2CCN(C(=O)c3cccs3)CC2)c2cc(Cl)ccc2n(C)c1=O. The van der Waals surface area contributed by atoms with Crippen LogP contribution in [-0.2, 0) is 34.9 Å². The number of nitrogens with zero attached hydrogens (tertiary/aromatic N) is 9. The molecule has 3 aliphatic rings. The van der Waals surface area contributed by atoms with Crippen molar-refractivity contribution in [3.05, 3.63) is 236 Å². The van der Waals surface area contributed by atoms with E-state index in [1.807, 2.05) is 82.5 Å². The molecule has 3 saturated heterocycles. The highest BCUT2D eigenvalue weighted by molar-refractivity contribution is 7.12. The second kappa shape index (κ2) is 33.6. The van der Waals surface area contributed by atoms with Crippen molar-refractivity contribution in [1.29, 1.82) is 0 Å². The number of esters is 3. The molecule has 0 spiro atoms. The minimum atomic E-state index is -0.694. The molecule has 23 nitrogen and oxygen atoms in total. The normalized spacial score (nSPS) is 13.7. The standard InChI is InChI=1S/C32H32FN3O5.C26H29N3O5.C22H22ClN3O4S/c1-4-41-32(39)28-29(34-15-17-35(18-16-34)30(37)23-8-12-25(40-3)13-9-23)26-19-21(2)5-14-27(26)36(31(28)38)20-22-6-10-24(33)11-7-22;1-5-34-26(32)22-23(20-16-17(2)6-11-21(20)27(3)25(22)31)28-12-14-29(15-13-28)24(30)18-7-9-19(33-4)10-8-18;1-3-30-22(29)18-19(15-13-14(23)6-7-16(15)24(2)21(18)28)25-8-10-26(11-9-25)20(27)17-5-4-12-31-17/h5-14,19H,4,15-18,20H2,1-3H3;6-11,16H,5,12-15H2,1-4H3;4-7,12-13H,3,8-11H2,1-2H3. The maximum absolute atomic E-state index is 14.0. The molecule has 4 aromatic heterocycles. The Labute approximate surface area is 620 Å². The van der Waals surface area contributed by atoms with Crippen LogP contribution in [0.15, 0.2) is 159 Å². The summed E-state index contributed by atoms with van der Waals surface area (Å²) in [7, 11) is 6.45. The lowest BCUT2D eigenvalue weighted by Gasteiger charge is -2.37. The average Bonchev–Trinajstić information content (AvgIpc) is 0.872. The molecule has 0 bridgehead atoms. The van der Waals surface area contributed by atoms with Crippen LogP contribution in [0.2, 0.25) is 5.02 Å². The van der Waals surface area contributed by atoms with Crippen molar-refractivity contribution in [3.63, 3.8) is 0 Å². The van der Waals surface area contributed by atoms with E-state index in [4.69, 9.17) is 35.3 Å². The van der Waals surface area contributed by atoms with E-state index in [1.54, 1.807) is 147 Å². The molecule has 106 heavy (non-hydrogen) atoms. The van der Waals surface area contributed by atoms with Crippen molar-refractivity contribution < 1.29 is 56.8 Å². The minimum Gasteiger partial charge on any atom is -0.497 e. The third-order valence-corrected chi connectivity index (χ3v) is 20.1. The Kier molecular flexibility index (Phi) is 24.1. The number of anilines is 3. The summed E-state index contributed by atoms with van der Waals surface area (Å²) in [4.78, 5) is 130. The monoisotopic (exact) mass is 1480 g/mol. The van der Waals surface area contributed by atoms with E-state index in [9.17, 15) is 47.5 Å². The summed E-state index contributed by atoms with van der Waals surface area (Å²) < 4.78 is 44.2. The summed E-state index contributed by atoms with van der Waals surface area (Å²) in [5.74, 6) is -1.12. The Morgan fingerprint density at radius 1 is 0.453 bits per heavy atom. The number of piperazine rings is 3. The summed E-state index contributed by atoms with van der Waals surface area (Å²) in [5, 5.41) is 4.65. The van der Waals surface area contributed by atoms with Crippen LogP contribution in [0.4, 0.5) is 21.5 Å². The van der Waals surface area contributed by atoms with Crippen molar-refractivity contribution in [1.82, 2.24) is 28.4 Å². The van der Waals surface area contributed by atoms with Gasteiger partial charge in [0.2, 0.25) is 0 Å². The summed E-state index contributed by atoms with van der Waals surface area (Å²) in [5.41, 5.74) is 6.28. The van der Waals surface area contributed by atoms with E-state index >= 15 is 0 Å². The first kappa shape index (κ1) is 75.8. The largest absolute Gasteiger partial charge is 0.497 e. The van der Waals surface area contributed by atoms with Crippen molar-refractivity contribution in [2.45, 2.75) is 41.2 Å². The number of halogens is 2. The fourth-order valence-corrected chi connectivity index (χ4v) is 14.4. The van der Waals surface area contributed by atoms with E-state index < -0.39 is 29.0 Å². The quantitative estimate of drug-likeness (QED) is 0.0646. The van der Waals surface area contributed by atoms with Gasteiger partial charge in [-0.25, -0.2) is 18.8 Å². The van der Waals surface area contributed by atoms with Crippen molar-refractivity contribution in [2.75, 3.05) is 127 Å². The van der Waals surface area contributed by atoms with Gasteiger partial charge < -0.3 is 66.8 Å². The third-order valence-electron chi connectivity index (χ3n) is 19.0. The topological polar surface area (TPSA) is 234 Å². The van der Waals surface area contributed by atoms with Gasteiger partial charge >= 0.3 is 17.9 Å². The molecule has 13 rings (SSSR count). The molecule has 3 amide bonds. The lowest BCUT2D eigenvalue weighted by Crippen LogP contribution is -2.49. The van der Waals surface area contributed by atoms with E-state index in [1.165, 1.54) is 32.6 Å². The molecule has 0 saturated carbocycles. The van der Waals surface area contributed by atoms with Crippen LogP contribution in [0.3, 0.4) is 0 Å². The van der Waals surface area contributed by atoms with Crippen LogP contribution in [0.1, 0.15) is 98.9 Å². The first-order valence-corrected chi connectivity index (χ1v) is 36.2. The number of aromatic nitrogens is 3. The number of thiophene rings is 1. The number of aryl methyl sites for hydroxylation is 4. The highest BCUT2D eigenvalue weighted by Crippen LogP contribution is 2.36. The zero-order chi connectivity index (χ0) is 75.6. The smallest absolute Gasteiger partial charge is 0.345 e. The number of methoxy groups -OCH3 is 2. The fraction of sp³-hybridized carbons (Fsp3) is 0.312. The first-order valence-electron chi connectivity index (χ1n) is 34.9. The lowest BCUT2D eigenvalue weighted by atomic mass is 10.0. The van der Waals surface area contributed by atoms with Gasteiger partial charge in [-0.2, -0.15) is 0 Å². The minimum absolute atomic E-state index is 0.00264. The number of carbonyl (C=O) groups is 6. The van der Waals surface area contributed by atoms with Gasteiger partial charge in [0.15, 0.2) is 0 Å². The molecule has 3 fully saturated rings. The Bertz CT molecular complexity index is 5140. The number of amides is 3. The number of fused-ring (bicyclic) bond motifs is 3. The number of pyridine rings is 3. The summed E-state index contributed by atoms with van der Waals surface area (Å²) >= 11 is 7.68. The molecule has 7 heterocycles. The van der Waals surface area contributed by atoms with Crippen LogP contribution < -0.4 is 40.9 Å². The highest BCUT2D eigenvalue weighted by Gasteiger charge is 2.35. The van der Waals surface area contributed by atoms with E-state index in [-0.39, 0.29) is 72.2 Å². The van der Waals surface area contributed by atoms with Gasteiger partial charge in [-0.1, -0.05) is 53.1 Å². The molecule has 0 atom stereocenters. The molecule has 0 N–H and O–H groups in total. The van der Waals surface area contributed by atoms with Crippen molar-refractivity contribution >= 4 is 108 Å². The zero-order valence-electron chi connectivity index (χ0n) is 60.6. The Hall–Kier alpha value is -11.3. The van der Waals surface area contributed by atoms with E-state index in [2.05, 4.69) is 0 Å². The van der Waals surface area contributed by atoms with Crippen LogP contribution in [-0.4, -0.2) is 177 Å². The van der Waals surface area contributed by atoms with Gasteiger partial charge in [-0.3, -0.25) is 28.8 Å². The molecule has 6 aromatic carbocycles. The van der Waals surface area contributed by atoms with Gasteiger partial charge in [0, 0.05) is 125 Å². The average molecular weight is 1480 g/mol. The molecule has 0 unspecified atom stereocenters. The van der Waals surface area contributed by atoms with Gasteiger partial charge in [-0.15, -0.1) is 11.3 Å². The second-order valence-corrected chi connectivity index (χ2v) is 26.9. The van der Waals surface area contributed by atoms with Crippen molar-refractivity contribution in [3.8, 4) is 11.5 Å². The highest BCUT2D eigenvalue weighted by atomic mass is 35.5. The van der Waals surface area contributed by atoms with Gasteiger partial charge in [0.1, 0.15) is 34.0 Å². The zero-order valence-corrected chi connectivity index (χ0v) is 62.1. The molecule has 0 aliphatic carbocycles. The summed E-state index contributed by atoms with van der Waals surface area (Å²) in [6, 6.07) is 40.5. The lowest BCUT2D eigenvalue weighted by molar-refractivity contribution is 0.0514. The maximum Gasteiger partial charge on any atom is 0.345 e. The molecule has 26 heteroatoms. The molecule has 552 valence electrons. The number of hydrogen-bond acceptors (Lipinski definition) is 18. The predicted molar refractivity (Wildman–Crippen MR) is 409 cm³/mol. The Balaban J connectivity index is 0.000000160. The maximum atomic E-state index is 14.0. The van der Waals surface area contributed by atoms with Gasteiger partial charge in [-0.05, 0) is 155 Å². The van der Waals surface area contributed by atoms with E-state index in [0.29, 0.717) is 145 Å². The van der Waals surface area contributed by atoms with Gasteiger partial charge in [0.05, 0.1) is 79.1 Å². The van der Waals surface area contributed by atoms with E-state index in [0.717, 1.165) is 33.0 Å². The van der Waals surface area contributed by atoms with Crippen molar-refractivity contribution in [2.24, 2.45) is 14.1 Å². The molecular formula is C80H83ClFN9O14S. The molecule has 10 aromatic rings. The Morgan fingerprint density at radius 2 is 0.830 bits per heavy atom. The molecule has 0 radical (unpaired) electrons. The van der Waals surface area contributed by atoms with Gasteiger partial charge in [0.25, 0.3) is 34.4 Å². The van der Waals surface area contributed by atoms with Crippen LogP contribution in [0, 0.1) is 19.7 Å².